The summed E-state index contributed by atoms with van der Waals surface area (Å²) in [7, 11) is 1.54. The van der Waals surface area contributed by atoms with Crippen LogP contribution in [0.5, 0.6) is 17.4 Å². The third kappa shape index (κ3) is 5.93. The highest BCUT2D eigenvalue weighted by atomic mass is 32.1. The maximum Gasteiger partial charge on any atom is 0.251 e. The number of rotatable bonds is 11. The van der Waals surface area contributed by atoms with Crippen molar-refractivity contribution in [1.82, 2.24) is 15.3 Å². The van der Waals surface area contributed by atoms with Crippen LogP contribution in [0, 0.1) is 0 Å². The number of hydrogen-bond donors (Lipinski definition) is 1. The fourth-order valence-electron chi connectivity index (χ4n) is 2.67. The Labute approximate surface area is 180 Å². The molecule has 8 heteroatoms. The normalized spacial score (nSPS) is 10.5. The minimum atomic E-state index is -0.220. The quantitative estimate of drug-likeness (QED) is 0.461. The Morgan fingerprint density at radius 3 is 2.83 bits per heavy atom. The van der Waals surface area contributed by atoms with Gasteiger partial charge in [0.15, 0.2) is 11.5 Å². The van der Waals surface area contributed by atoms with Gasteiger partial charge in [-0.2, -0.15) is 0 Å². The van der Waals surface area contributed by atoms with Crippen molar-refractivity contribution in [1.29, 1.82) is 0 Å². The van der Waals surface area contributed by atoms with Crippen molar-refractivity contribution in [3.63, 3.8) is 0 Å². The Balaban J connectivity index is 1.61. The number of nitrogens with one attached hydrogen (secondary N) is 1. The molecule has 3 aromatic rings. The number of methoxy groups -OCH3 is 1. The van der Waals surface area contributed by atoms with E-state index in [-0.39, 0.29) is 5.91 Å². The Morgan fingerprint density at radius 2 is 2.07 bits per heavy atom. The standard InChI is InChI=1S/C22H25N3O4S/c1-3-4-10-28-22-17(6-5-9-23-22)12-24-21(26)16-7-8-19(20(11-16)27-2)29-13-18-14-30-15-25-18/h5-9,11,14-15H,3-4,10,12-13H2,1-2H3,(H,24,26). The van der Waals surface area contributed by atoms with Gasteiger partial charge in [-0.25, -0.2) is 9.97 Å². The molecule has 7 nitrogen and oxygen atoms in total. The maximum absolute atomic E-state index is 12.6. The molecular weight excluding hydrogens is 402 g/mol. The van der Waals surface area contributed by atoms with E-state index in [1.165, 1.54) is 11.3 Å². The lowest BCUT2D eigenvalue weighted by Crippen LogP contribution is -2.23. The van der Waals surface area contributed by atoms with Crippen LogP contribution in [0.25, 0.3) is 0 Å². The first kappa shape index (κ1) is 21.6. The van der Waals surface area contributed by atoms with Crippen molar-refractivity contribution in [2.24, 2.45) is 0 Å². The lowest BCUT2D eigenvalue weighted by Gasteiger charge is -2.13. The zero-order valence-electron chi connectivity index (χ0n) is 17.1. The SMILES string of the molecule is CCCCOc1ncccc1CNC(=O)c1ccc(OCc2cscn2)c(OC)c1. The zero-order chi connectivity index (χ0) is 21.2. The minimum absolute atomic E-state index is 0.220. The molecule has 0 bridgehead atoms. The van der Waals surface area contributed by atoms with Gasteiger partial charge in [0.2, 0.25) is 5.88 Å². The number of aromatic nitrogens is 2. The molecule has 158 valence electrons. The van der Waals surface area contributed by atoms with Crippen molar-refractivity contribution in [3.05, 3.63) is 64.2 Å². The molecule has 0 saturated carbocycles. The highest BCUT2D eigenvalue weighted by molar-refractivity contribution is 7.07. The van der Waals surface area contributed by atoms with Crippen molar-refractivity contribution < 1.29 is 19.0 Å². The van der Waals surface area contributed by atoms with Crippen LogP contribution in [0.15, 0.2) is 47.4 Å². The summed E-state index contributed by atoms with van der Waals surface area (Å²) in [6.07, 6.45) is 3.69. The van der Waals surface area contributed by atoms with E-state index in [4.69, 9.17) is 14.2 Å². The fourth-order valence-corrected chi connectivity index (χ4v) is 3.21. The van der Waals surface area contributed by atoms with E-state index in [0.29, 0.717) is 42.7 Å². The van der Waals surface area contributed by atoms with Gasteiger partial charge in [-0.1, -0.05) is 19.4 Å². The average molecular weight is 428 g/mol. The number of benzene rings is 1. The number of pyridine rings is 1. The number of carbonyl (C=O) groups is 1. The van der Waals surface area contributed by atoms with E-state index in [1.54, 1.807) is 37.0 Å². The van der Waals surface area contributed by atoms with Crippen LogP contribution in [0.4, 0.5) is 0 Å². The third-order valence-electron chi connectivity index (χ3n) is 4.31. The van der Waals surface area contributed by atoms with E-state index in [1.807, 2.05) is 17.5 Å². The third-order valence-corrected chi connectivity index (χ3v) is 4.95. The van der Waals surface area contributed by atoms with Gasteiger partial charge >= 0.3 is 0 Å². The molecule has 0 radical (unpaired) electrons. The zero-order valence-corrected chi connectivity index (χ0v) is 17.9. The molecule has 1 N–H and O–H groups in total. The Bertz CT molecular complexity index is 947. The predicted molar refractivity (Wildman–Crippen MR) is 115 cm³/mol. The van der Waals surface area contributed by atoms with Gasteiger partial charge in [0, 0.05) is 29.2 Å². The number of ether oxygens (including phenoxy) is 3. The summed E-state index contributed by atoms with van der Waals surface area (Å²) in [4.78, 5) is 21.1. The molecule has 2 heterocycles. The van der Waals surface area contributed by atoms with E-state index >= 15 is 0 Å². The molecule has 0 aliphatic carbocycles. The lowest BCUT2D eigenvalue weighted by molar-refractivity contribution is 0.0950. The molecule has 0 saturated heterocycles. The first-order chi connectivity index (χ1) is 14.7. The number of nitrogens with zero attached hydrogens (tertiary/aromatic N) is 2. The van der Waals surface area contributed by atoms with Crippen LogP contribution in [0.3, 0.4) is 0 Å². The van der Waals surface area contributed by atoms with Gasteiger partial charge < -0.3 is 19.5 Å². The van der Waals surface area contributed by atoms with Gasteiger partial charge in [-0.15, -0.1) is 11.3 Å². The maximum atomic E-state index is 12.6. The Hall–Kier alpha value is -3.13. The lowest BCUT2D eigenvalue weighted by atomic mass is 10.1. The minimum Gasteiger partial charge on any atom is -0.493 e. The number of carbonyl (C=O) groups excluding carboxylic acids is 1. The van der Waals surface area contributed by atoms with Crippen molar-refractivity contribution >= 4 is 17.2 Å². The number of amides is 1. The van der Waals surface area contributed by atoms with Gasteiger partial charge in [0.25, 0.3) is 5.91 Å². The topological polar surface area (TPSA) is 82.6 Å². The first-order valence-corrected chi connectivity index (χ1v) is 10.7. The van der Waals surface area contributed by atoms with Crippen LogP contribution in [-0.2, 0) is 13.2 Å². The second kappa shape index (κ2) is 11.2. The Kier molecular flexibility index (Phi) is 8.02. The van der Waals surface area contributed by atoms with Crippen LogP contribution in [-0.4, -0.2) is 29.6 Å². The van der Waals surface area contributed by atoms with E-state index < -0.39 is 0 Å². The van der Waals surface area contributed by atoms with Crippen molar-refractivity contribution in [2.45, 2.75) is 32.9 Å². The van der Waals surface area contributed by atoms with Crippen LogP contribution in [0.1, 0.15) is 41.4 Å². The van der Waals surface area contributed by atoms with E-state index in [0.717, 1.165) is 24.1 Å². The largest absolute Gasteiger partial charge is 0.493 e. The molecule has 0 aliphatic rings. The van der Waals surface area contributed by atoms with Gasteiger partial charge in [0.1, 0.15) is 6.61 Å². The summed E-state index contributed by atoms with van der Waals surface area (Å²) in [5.41, 5.74) is 3.91. The van der Waals surface area contributed by atoms with E-state index in [2.05, 4.69) is 22.2 Å². The summed E-state index contributed by atoms with van der Waals surface area (Å²) >= 11 is 1.51. The molecule has 1 aromatic carbocycles. The fraction of sp³-hybridized carbons (Fsp3) is 0.318. The molecule has 2 aromatic heterocycles. The summed E-state index contributed by atoms with van der Waals surface area (Å²) in [6, 6.07) is 8.81. The van der Waals surface area contributed by atoms with Gasteiger partial charge in [-0.3, -0.25) is 4.79 Å². The number of hydrogen-bond acceptors (Lipinski definition) is 7. The number of thiazole rings is 1. The van der Waals surface area contributed by atoms with Crippen LogP contribution in [0.2, 0.25) is 0 Å². The average Bonchev–Trinajstić information content (AvgIpc) is 3.30. The van der Waals surface area contributed by atoms with E-state index in [9.17, 15) is 4.79 Å². The summed E-state index contributed by atoms with van der Waals surface area (Å²) in [6.45, 7) is 3.37. The van der Waals surface area contributed by atoms with Crippen LogP contribution < -0.4 is 19.5 Å². The summed E-state index contributed by atoms with van der Waals surface area (Å²) in [5.74, 6) is 1.38. The molecule has 0 atom stereocenters. The molecule has 0 spiro atoms. The second-order valence-corrected chi connectivity index (χ2v) is 7.21. The summed E-state index contributed by atoms with van der Waals surface area (Å²) < 4.78 is 16.9. The van der Waals surface area contributed by atoms with Gasteiger partial charge in [0.05, 0.1) is 24.9 Å². The van der Waals surface area contributed by atoms with Crippen molar-refractivity contribution in [3.8, 4) is 17.4 Å². The predicted octanol–water partition coefficient (Wildman–Crippen LogP) is 4.23. The molecule has 0 fully saturated rings. The van der Waals surface area contributed by atoms with Crippen LogP contribution >= 0.6 is 11.3 Å². The molecule has 30 heavy (non-hydrogen) atoms. The smallest absolute Gasteiger partial charge is 0.251 e. The molecule has 0 unspecified atom stereocenters. The molecule has 3 rings (SSSR count). The highest BCUT2D eigenvalue weighted by Gasteiger charge is 2.13. The van der Waals surface area contributed by atoms with Crippen molar-refractivity contribution in [2.75, 3.05) is 13.7 Å². The van der Waals surface area contributed by atoms with Gasteiger partial charge in [-0.05, 0) is 30.7 Å². The molecular formula is C22H25N3O4S. The Morgan fingerprint density at radius 1 is 1.17 bits per heavy atom. The summed E-state index contributed by atoms with van der Waals surface area (Å²) in [5, 5.41) is 4.83. The monoisotopic (exact) mass is 427 g/mol. The number of unbranched alkanes of at least 4 members (excludes halogenated alkanes) is 1. The second-order valence-electron chi connectivity index (χ2n) is 6.49. The molecule has 0 aliphatic heterocycles. The highest BCUT2D eigenvalue weighted by Crippen LogP contribution is 2.29. The molecule has 1 amide bonds. The first-order valence-electron chi connectivity index (χ1n) is 9.74.